The Morgan fingerprint density at radius 3 is 2.65 bits per heavy atom. The summed E-state index contributed by atoms with van der Waals surface area (Å²) >= 11 is 7.63. The number of carbonyl (C=O) groups excluding carboxylic acids is 1. The van der Waals surface area contributed by atoms with Gasteiger partial charge in [-0.3, -0.25) is 9.36 Å². The molecular weight excluding hydrogens is 434 g/mol. The summed E-state index contributed by atoms with van der Waals surface area (Å²) in [5.41, 5.74) is 0.882. The predicted molar refractivity (Wildman–Crippen MR) is 124 cm³/mol. The molecule has 1 aromatic carbocycles. The van der Waals surface area contributed by atoms with Gasteiger partial charge in [-0.1, -0.05) is 29.4 Å². The number of hydrogen-bond donors (Lipinski definition) is 1. The minimum Gasteiger partial charge on any atom is -0.341 e. The van der Waals surface area contributed by atoms with E-state index in [-0.39, 0.29) is 17.2 Å². The molecule has 0 radical (unpaired) electrons. The molecule has 1 aliphatic heterocycles. The van der Waals surface area contributed by atoms with Gasteiger partial charge in [-0.15, -0.1) is 10.2 Å². The Hall–Kier alpha value is -2.52. The fourth-order valence-corrected chi connectivity index (χ4v) is 4.61. The largest absolute Gasteiger partial charge is 0.341 e. The maximum Gasteiger partial charge on any atom is 0.238 e. The summed E-state index contributed by atoms with van der Waals surface area (Å²) in [7, 11) is 0. The molecule has 31 heavy (non-hydrogen) atoms. The van der Waals surface area contributed by atoms with Crippen LogP contribution in [0.2, 0.25) is 5.02 Å². The molecule has 3 aromatic rings. The normalized spacial score (nSPS) is 14.9. The van der Waals surface area contributed by atoms with E-state index in [1.807, 2.05) is 49.6 Å². The fourth-order valence-electron chi connectivity index (χ4n) is 3.57. The number of halogens is 1. The Kier molecular flexibility index (Phi) is 6.52. The standard InChI is InChI=1S/C21H26ClN7OS/c1-14(2)29-18(9-10-23-29)24-19(30)15(3)31-21-26-25-20(27-11-4-5-12-27)28(21)17-8-6-7-16(22)13-17/h6-10,13-15H,4-5,11-12H2,1-3H3,(H,24,30). The molecule has 4 rings (SSSR count). The average Bonchev–Trinajstić information content (AvgIpc) is 3.48. The lowest BCUT2D eigenvalue weighted by Crippen LogP contribution is -2.25. The molecule has 3 heterocycles. The van der Waals surface area contributed by atoms with Crippen LogP contribution in [0.1, 0.15) is 39.7 Å². The number of aromatic nitrogens is 5. The van der Waals surface area contributed by atoms with Crippen molar-refractivity contribution >= 4 is 41.0 Å². The van der Waals surface area contributed by atoms with Crippen molar-refractivity contribution in [2.75, 3.05) is 23.3 Å². The van der Waals surface area contributed by atoms with Crippen LogP contribution in [0.4, 0.5) is 11.8 Å². The van der Waals surface area contributed by atoms with Crippen LogP contribution in [-0.4, -0.2) is 48.8 Å². The van der Waals surface area contributed by atoms with Crippen LogP contribution in [0.3, 0.4) is 0 Å². The van der Waals surface area contributed by atoms with Crippen molar-refractivity contribution in [2.45, 2.75) is 50.1 Å². The summed E-state index contributed by atoms with van der Waals surface area (Å²) in [5.74, 6) is 1.35. The van der Waals surface area contributed by atoms with E-state index in [0.29, 0.717) is 16.0 Å². The van der Waals surface area contributed by atoms with Crippen molar-refractivity contribution in [1.82, 2.24) is 24.5 Å². The minimum atomic E-state index is -0.385. The minimum absolute atomic E-state index is 0.115. The van der Waals surface area contributed by atoms with E-state index in [9.17, 15) is 4.79 Å². The number of anilines is 2. The second-order valence-corrected chi connectivity index (χ2v) is 9.54. The van der Waals surface area contributed by atoms with E-state index in [2.05, 4.69) is 25.5 Å². The van der Waals surface area contributed by atoms with Gasteiger partial charge in [-0.25, -0.2) is 4.68 Å². The smallest absolute Gasteiger partial charge is 0.238 e. The molecule has 1 fully saturated rings. The molecule has 1 amide bonds. The Bertz CT molecular complexity index is 1060. The fraction of sp³-hybridized carbons (Fsp3) is 0.429. The number of nitrogens with one attached hydrogen (secondary N) is 1. The molecule has 0 aliphatic carbocycles. The summed E-state index contributed by atoms with van der Waals surface area (Å²) in [6.07, 6.45) is 3.95. The van der Waals surface area contributed by atoms with E-state index in [4.69, 9.17) is 11.6 Å². The van der Waals surface area contributed by atoms with Gasteiger partial charge >= 0.3 is 0 Å². The lowest BCUT2D eigenvalue weighted by molar-refractivity contribution is -0.115. The van der Waals surface area contributed by atoms with Crippen LogP contribution in [0, 0.1) is 0 Å². The highest BCUT2D eigenvalue weighted by molar-refractivity contribution is 8.00. The number of benzene rings is 1. The first-order chi connectivity index (χ1) is 14.9. The lowest BCUT2D eigenvalue weighted by atomic mass is 10.3. The van der Waals surface area contributed by atoms with Gasteiger partial charge in [0, 0.05) is 30.2 Å². The number of nitrogens with zero attached hydrogens (tertiary/aromatic N) is 6. The molecule has 1 aliphatic rings. The highest BCUT2D eigenvalue weighted by Gasteiger charge is 2.26. The second-order valence-electron chi connectivity index (χ2n) is 7.80. The summed E-state index contributed by atoms with van der Waals surface area (Å²) in [6, 6.07) is 9.57. The maximum atomic E-state index is 12.9. The molecule has 164 valence electrons. The topological polar surface area (TPSA) is 80.9 Å². The molecular formula is C21H26ClN7OS. The molecule has 0 bridgehead atoms. The zero-order valence-electron chi connectivity index (χ0n) is 17.8. The highest BCUT2D eigenvalue weighted by atomic mass is 35.5. The van der Waals surface area contributed by atoms with Crippen molar-refractivity contribution in [3.05, 3.63) is 41.6 Å². The van der Waals surface area contributed by atoms with E-state index in [1.165, 1.54) is 11.8 Å². The zero-order valence-corrected chi connectivity index (χ0v) is 19.4. The monoisotopic (exact) mass is 459 g/mol. The van der Waals surface area contributed by atoms with Gasteiger partial charge in [0.15, 0.2) is 5.16 Å². The highest BCUT2D eigenvalue weighted by Crippen LogP contribution is 2.32. The first kappa shape index (κ1) is 21.7. The van der Waals surface area contributed by atoms with Gasteiger partial charge in [0.1, 0.15) is 5.82 Å². The van der Waals surface area contributed by atoms with E-state index < -0.39 is 0 Å². The summed E-state index contributed by atoms with van der Waals surface area (Å²) in [6.45, 7) is 7.79. The Labute approximate surface area is 191 Å². The molecule has 2 aromatic heterocycles. The van der Waals surface area contributed by atoms with Gasteiger partial charge < -0.3 is 10.2 Å². The average molecular weight is 460 g/mol. The SMILES string of the molecule is CC(Sc1nnc(N2CCCC2)n1-c1cccc(Cl)c1)C(=O)Nc1ccnn1C(C)C. The lowest BCUT2D eigenvalue weighted by Gasteiger charge is -2.19. The third kappa shape index (κ3) is 4.72. The van der Waals surface area contributed by atoms with Crippen molar-refractivity contribution in [3.8, 4) is 5.69 Å². The third-order valence-corrected chi connectivity index (χ3v) is 6.41. The van der Waals surface area contributed by atoms with Crippen molar-refractivity contribution in [3.63, 3.8) is 0 Å². The molecule has 1 unspecified atom stereocenters. The van der Waals surface area contributed by atoms with Crippen LogP contribution in [0.5, 0.6) is 0 Å². The molecule has 8 nitrogen and oxygen atoms in total. The summed E-state index contributed by atoms with van der Waals surface area (Å²) in [4.78, 5) is 15.1. The molecule has 10 heteroatoms. The quantitative estimate of drug-likeness (QED) is 0.527. The van der Waals surface area contributed by atoms with Gasteiger partial charge in [-0.2, -0.15) is 5.10 Å². The van der Waals surface area contributed by atoms with Crippen LogP contribution < -0.4 is 10.2 Å². The molecule has 0 saturated carbocycles. The molecule has 0 spiro atoms. The van der Waals surface area contributed by atoms with Gasteiger partial charge in [0.05, 0.1) is 17.1 Å². The molecule has 1 N–H and O–H groups in total. The van der Waals surface area contributed by atoms with Crippen LogP contribution in [-0.2, 0) is 4.79 Å². The van der Waals surface area contributed by atoms with Crippen LogP contribution >= 0.6 is 23.4 Å². The van der Waals surface area contributed by atoms with Gasteiger partial charge in [0.2, 0.25) is 11.9 Å². The second kappa shape index (κ2) is 9.32. The number of thioether (sulfide) groups is 1. The number of amides is 1. The number of rotatable bonds is 7. The van der Waals surface area contributed by atoms with Gasteiger partial charge in [0.25, 0.3) is 0 Å². The Balaban J connectivity index is 1.59. The van der Waals surface area contributed by atoms with Crippen molar-refractivity contribution < 1.29 is 4.79 Å². The Morgan fingerprint density at radius 1 is 1.16 bits per heavy atom. The van der Waals surface area contributed by atoms with Crippen LogP contribution in [0.15, 0.2) is 41.7 Å². The summed E-state index contributed by atoms with van der Waals surface area (Å²) < 4.78 is 3.78. The number of carbonyl (C=O) groups is 1. The molecule has 1 atom stereocenters. The van der Waals surface area contributed by atoms with Crippen LogP contribution in [0.25, 0.3) is 5.69 Å². The molecule has 1 saturated heterocycles. The summed E-state index contributed by atoms with van der Waals surface area (Å²) in [5, 5.41) is 17.0. The third-order valence-electron chi connectivity index (χ3n) is 5.13. The number of hydrogen-bond acceptors (Lipinski definition) is 6. The van der Waals surface area contributed by atoms with Crippen molar-refractivity contribution in [2.24, 2.45) is 0 Å². The van der Waals surface area contributed by atoms with Crippen molar-refractivity contribution in [1.29, 1.82) is 0 Å². The van der Waals surface area contributed by atoms with E-state index in [0.717, 1.165) is 37.6 Å². The first-order valence-corrected chi connectivity index (χ1v) is 11.7. The first-order valence-electron chi connectivity index (χ1n) is 10.4. The van der Waals surface area contributed by atoms with E-state index >= 15 is 0 Å². The zero-order chi connectivity index (χ0) is 22.0. The van der Waals surface area contributed by atoms with Gasteiger partial charge in [-0.05, 0) is 51.8 Å². The Morgan fingerprint density at radius 2 is 1.94 bits per heavy atom. The maximum absolute atomic E-state index is 12.9. The van der Waals surface area contributed by atoms with E-state index in [1.54, 1.807) is 16.9 Å². The predicted octanol–water partition coefficient (Wildman–Crippen LogP) is 4.42.